The third-order valence-electron chi connectivity index (χ3n) is 3.76. The molecule has 2 rings (SSSR count). The van der Waals surface area contributed by atoms with Gasteiger partial charge in [0.05, 0.1) is 5.02 Å². The second kappa shape index (κ2) is 7.09. The van der Waals surface area contributed by atoms with Crippen molar-refractivity contribution >= 4 is 23.4 Å². The van der Waals surface area contributed by atoms with Gasteiger partial charge in [-0.3, -0.25) is 9.59 Å². The Morgan fingerprint density at radius 1 is 1.14 bits per heavy atom. The number of hydrogen-bond acceptors (Lipinski definition) is 2. The average Bonchev–Trinajstić information content (AvgIpc) is 2.74. The van der Waals surface area contributed by atoms with Crippen LogP contribution in [0, 0.1) is 11.7 Å². The van der Waals surface area contributed by atoms with Gasteiger partial charge in [-0.2, -0.15) is 0 Å². The van der Waals surface area contributed by atoms with Crippen LogP contribution in [0.25, 0.3) is 0 Å². The van der Waals surface area contributed by atoms with Crippen molar-refractivity contribution in [1.82, 2.24) is 9.80 Å². The molecule has 0 bridgehead atoms. The van der Waals surface area contributed by atoms with Crippen LogP contribution >= 0.6 is 11.6 Å². The van der Waals surface area contributed by atoms with Gasteiger partial charge in [-0.05, 0) is 24.6 Å². The Bertz CT molecular complexity index is 577. The lowest BCUT2D eigenvalue weighted by Gasteiger charge is -2.23. The van der Waals surface area contributed by atoms with Crippen LogP contribution in [0.1, 0.15) is 30.6 Å². The summed E-state index contributed by atoms with van der Waals surface area (Å²) in [6.45, 7) is 5.98. The molecular weight excluding hydrogens is 307 g/mol. The van der Waals surface area contributed by atoms with E-state index in [1.54, 1.807) is 9.80 Å². The molecule has 1 heterocycles. The summed E-state index contributed by atoms with van der Waals surface area (Å²) >= 11 is 5.73. The van der Waals surface area contributed by atoms with E-state index in [4.69, 9.17) is 11.6 Å². The van der Waals surface area contributed by atoms with Gasteiger partial charge in [-0.1, -0.05) is 25.4 Å². The molecule has 0 aliphatic carbocycles. The lowest BCUT2D eigenvalue weighted by atomic mass is 10.2. The second-order valence-electron chi connectivity index (χ2n) is 5.75. The molecule has 0 aromatic heterocycles. The van der Waals surface area contributed by atoms with E-state index in [1.165, 1.54) is 18.2 Å². The van der Waals surface area contributed by atoms with Gasteiger partial charge in [0.15, 0.2) is 0 Å². The van der Waals surface area contributed by atoms with Gasteiger partial charge in [-0.25, -0.2) is 4.39 Å². The summed E-state index contributed by atoms with van der Waals surface area (Å²) in [5.41, 5.74) is 0.370. The monoisotopic (exact) mass is 326 g/mol. The van der Waals surface area contributed by atoms with Gasteiger partial charge in [0.2, 0.25) is 5.91 Å². The number of halogens is 2. The van der Waals surface area contributed by atoms with Crippen LogP contribution in [0.3, 0.4) is 0 Å². The van der Waals surface area contributed by atoms with E-state index in [-0.39, 0.29) is 22.8 Å². The summed E-state index contributed by atoms with van der Waals surface area (Å²) in [4.78, 5) is 28.0. The van der Waals surface area contributed by atoms with Crippen LogP contribution in [0.5, 0.6) is 0 Å². The fourth-order valence-electron chi connectivity index (χ4n) is 2.52. The summed E-state index contributed by atoms with van der Waals surface area (Å²) in [5.74, 6) is -0.652. The predicted octanol–water partition coefficient (Wildman–Crippen LogP) is 2.81. The third kappa shape index (κ3) is 3.77. The summed E-state index contributed by atoms with van der Waals surface area (Å²) in [5, 5.41) is -0.0581. The van der Waals surface area contributed by atoms with Crippen molar-refractivity contribution < 1.29 is 14.0 Å². The molecule has 1 fully saturated rings. The molecule has 1 aliphatic heterocycles. The predicted molar refractivity (Wildman–Crippen MR) is 83.3 cm³/mol. The molecule has 1 aliphatic rings. The molecule has 4 nitrogen and oxygen atoms in total. The SMILES string of the molecule is CC(C)C(=O)N1CCCN(C(=O)c2ccc(F)c(Cl)c2)CC1. The fourth-order valence-corrected chi connectivity index (χ4v) is 2.70. The first-order valence-corrected chi connectivity index (χ1v) is 7.81. The summed E-state index contributed by atoms with van der Waals surface area (Å²) in [6.07, 6.45) is 0.735. The molecule has 1 aromatic rings. The van der Waals surface area contributed by atoms with Gasteiger partial charge in [0.1, 0.15) is 5.82 Å². The number of hydrogen-bond donors (Lipinski definition) is 0. The zero-order valence-electron chi connectivity index (χ0n) is 12.8. The smallest absolute Gasteiger partial charge is 0.253 e. The van der Waals surface area contributed by atoms with E-state index in [1.807, 2.05) is 13.8 Å². The highest BCUT2D eigenvalue weighted by Gasteiger charge is 2.24. The van der Waals surface area contributed by atoms with Crippen molar-refractivity contribution in [1.29, 1.82) is 0 Å². The Kier molecular flexibility index (Phi) is 5.40. The number of amides is 2. The van der Waals surface area contributed by atoms with Crippen LogP contribution in [-0.2, 0) is 4.79 Å². The summed E-state index contributed by atoms with van der Waals surface area (Å²) < 4.78 is 13.2. The van der Waals surface area contributed by atoms with Gasteiger partial charge in [0, 0.05) is 37.7 Å². The largest absolute Gasteiger partial charge is 0.341 e. The molecule has 0 unspecified atom stereocenters. The Morgan fingerprint density at radius 2 is 1.77 bits per heavy atom. The number of nitrogens with zero attached hydrogens (tertiary/aromatic N) is 2. The Hall–Kier alpha value is -1.62. The number of rotatable bonds is 2. The van der Waals surface area contributed by atoms with E-state index >= 15 is 0 Å². The van der Waals surface area contributed by atoms with Crippen molar-refractivity contribution in [3.63, 3.8) is 0 Å². The lowest BCUT2D eigenvalue weighted by molar-refractivity contribution is -0.134. The minimum Gasteiger partial charge on any atom is -0.341 e. The molecule has 0 N–H and O–H groups in total. The van der Waals surface area contributed by atoms with Crippen molar-refractivity contribution in [3.05, 3.63) is 34.6 Å². The lowest BCUT2D eigenvalue weighted by Crippen LogP contribution is -2.39. The quantitative estimate of drug-likeness (QED) is 0.838. The molecule has 22 heavy (non-hydrogen) atoms. The molecule has 120 valence electrons. The molecule has 0 atom stereocenters. The van der Waals surface area contributed by atoms with Crippen LogP contribution in [0.2, 0.25) is 5.02 Å². The summed E-state index contributed by atoms with van der Waals surface area (Å²) in [6, 6.07) is 3.98. The fraction of sp³-hybridized carbons (Fsp3) is 0.500. The first kappa shape index (κ1) is 16.7. The standard InChI is InChI=1S/C16H20ClFN2O2/c1-11(2)15(21)19-6-3-7-20(9-8-19)16(22)12-4-5-14(18)13(17)10-12/h4-5,10-11H,3,6-9H2,1-2H3. The highest BCUT2D eigenvalue weighted by atomic mass is 35.5. The van der Waals surface area contributed by atoms with E-state index < -0.39 is 5.82 Å². The van der Waals surface area contributed by atoms with Crippen LogP contribution in [0.4, 0.5) is 4.39 Å². The molecule has 0 saturated carbocycles. The molecule has 2 amide bonds. The molecule has 0 radical (unpaired) electrons. The highest BCUT2D eigenvalue weighted by Crippen LogP contribution is 2.18. The maximum atomic E-state index is 13.2. The zero-order chi connectivity index (χ0) is 16.3. The van der Waals surface area contributed by atoms with Crippen LogP contribution < -0.4 is 0 Å². The van der Waals surface area contributed by atoms with E-state index in [0.717, 1.165) is 6.42 Å². The minimum atomic E-state index is -0.539. The molecular formula is C16H20ClFN2O2. The van der Waals surface area contributed by atoms with Crippen molar-refractivity contribution in [2.75, 3.05) is 26.2 Å². The third-order valence-corrected chi connectivity index (χ3v) is 4.04. The maximum absolute atomic E-state index is 13.2. The number of benzene rings is 1. The normalized spacial score (nSPS) is 15.9. The topological polar surface area (TPSA) is 40.6 Å². The van der Waals surface area contributed by atoms with Crippen LogP contribution in [-0.4, -0.2) is 47.8 Å². The van der Waals surface area contributed by atoms with Gasteiger partial charge < -0.3 is 9.80 Å². The van der Waals surface area contributed by atoms with Crippen molar-refractivity contribution in [2.24, 2.45) is 5.92 Å². The van der Waals surface area contributed by atoms with Crippen molar-refractivity contribution in [3.8, 4) is 0 Å². The highest BCUT2D eigenvalue weighted by molar-refractivity contribution is 6.31. The molecule has 0 spiro atoms. The Labute approximate surface area is 134 Å². The molecule has 6 heteroatoms. The maximum Gasteiger partial charge on any atom is 0.253 e. The molecule has 1 aromatic carbocycles. The Balaban J connectivity index is 2.05. The molecule has 1 saturated heterocycles. The van der Waals surface area contributed by atoms with Gasteiger partial charge in [0.25, 0.3) is 5.91 Å². The number of carbonyl (C=O) groups excluding carboxylic acids is 2. The van der Waals surface area contributed by atoms with Crippen molar-refractivity contribution in [2.45, 2.75) is 20.3 Å². The summed E-state index contributed by atoms with van der Waals surface area (Å²) in [7, 11) is 0. The van der Waals surface area contributed by atoms with Gasteiger partial charge >= 0.3 is 0 Å². The van der Waals surface area contributed by atoms with Crippen LogP contribution in [0.15, 0.2) is 18.2 Å². The second-order valence-corrected chi connectivity index (χ2v) is 6.16. The zero-order valence-corrected chi connectivity index (χ0v) is 13.6. The first-order valence-electron chi connectivity index (χ1n) is 7.43. The minimum absolute atomic E-state index is 0.0434. The number of carbonyl (C=O) groups is 2. The first-order chi connectivity index (χ1) is 10.4. The Morgan fingerprint density at radius 3 is 2.41 bits per heavy atom. The van der Waals surface area contributed by atoms with E-state index in [0.29, 0.717) is 31.7 Å². The average molecular weight is 327 g/mol. The van der Waals surface area contributed by atoms with E-state index in [2.05, 4.69) is 0 Å². The van der Waals surface area contributed by atoms with E-state index in [9.17, 15) is 14.0 Å². The van der Waals surface area contributed by atoms with Gasteiger partial charge in [-0.15, -0.1) is 0 Å².